The van der Waals surface area contributed by atoms with Crippen molar-refractivity contribution in [1.82, 2.24) is 14.9 Å². The zero-order chi connectivity index (χ0) is 17.9. The van der Waals surface area contributed by atoms with Crippen LogP contribution in [0.3, 0.4) is 0 Å². The summed E-state index contributed by atoms with van der Waals surface area (Å²) in [4.78, 5) is 26.1. The molecular weight excluding hydrogens is 386 g/mol. The van der Waals surface area contributed by atoms with Gasteiger partial charge in [0.1, 0.15) is 9.98 Å². The minimum absolute atomic E-state index is 0.193. The van der Waals surface area contributed by atoms with Crippen LogP contribution in [-0.2, 0) is 17.6 Å². The fraction of sp³-hybridized carbons (Fsp3) is 0.632. The van der Waals surface area contributed by atoms with Crippen LogP contribution in [0, 0.1) is 0 Å². The topological polar surface area (TPSA) is 46.1 Å². The van der Waals surface area contributed by atoms with Crippen LogP contribution in [0.4, 0.5) is 0 Å². The number of carbonyl (C=O) groups is 1. The molecule has 140 valence electrons. The van der Waals surface area contributed by atoms with Gasteiger partial charge in [-0.1, -0.05) is 42.6 Å². The summed E-state index contributed by atoms with van der Waals surface area (Å²) >= 11 is 9.71. The normalized spacial score (nSPS) is 18.4. The Morgan fingerprint density at radius 3 is 2.58 bits per heavy atom. The van der Waals surface area contributed by atoms with Crippen LogP contribution >= 0.6 is 34.7 Å². The van der Waals surface area contributed by atoms with Crippen molar-refractivity contribution < 1.29 is 4.79 Å². The maximum atomic E-state index is 12.5. The summed E-state index contributed by atoms with van der Waals surface area (Å²) in [6.45, 7) is 1.77. The third-order valence-electron chi connectivity index (χ3n) is 5.28. The Hall–Kier alpha value is -0.850. The van der Waals surface area contributed by atoms with Gasteiger partial charge in [0.2, 0.25) is 5.91 Å². The molecule has 1 amide bonds. The van der Waals surface area contributed by atoms with Crippen molar-refractivity contribution in [3.8, 4) is 0 Å². The molecule has 0 N–H and O–H groups in total. The lowest BCUT2D eigenvalue weighted by Gasteiger charge is -2.19. The molecule has 0 radical (unpaired) electrons. The number of hydrogen-bond donors (Lipinski definition) is 0. The number of carbonyl (C=O) groups excluding carboxylic acids is 1. The zero-order valence-corrected chi connectivity index (χ0v) is 17.3. The van der Waals surface area contributed by atoms with E-state index in [1.54, 1.807) is 11.3 Å². The molecule has 1 fully saturated rings. The number of rotatable bonds is 3. The van der Waals surface area contributed by atoms with Crippen LogP contribution in [0.5, 0.6) is 0 Å². The summed E-state index contributed by atoms with van der Waals surface area (Å²) in [6, 6.07) is 0. The van der Waals surface area contributed by atoms with Gasteiger partial charge < -0.3 is 4.90 Å². The van der Waals surface area contributed by atoms with Crippen molar-refractivity contribution >= 4 is 50.8 Å². The zero-order valence-electron chi connectivity index (χ0n) is 14.9. The van der Waals surface area contributed by atoms with Gasteiger partial charge in [-0.2, -0.15) is 0 Å². The number of aryl methyl sites for hydroxylation is 2. The summed E-state index contributed by atoms with van der Waals surface area (Å²) in [6.07, 6.45) is 10.7. The predicted molar refractivity (Wildman–Crippen MR) is 109 cm³/mol. The van der Waals surface area contributed by atoms with Crippen molar-refractivity contribution in [1.29, 1.82) is 0 Å². The fourth-order valence-electron chi connectivity index (χ4n) is 3.87. The third kappa shape index (κ3) is 4.02. The number of amides is 1. The second-order valence-corrected chi connectivity index (χ2v) is 9.51. The van der Waals surface area contributed by atoms with E-state index in [-0.39, 0.29) is 5.91 Å². The van der Waals surface area contributed by atoms with Crippen molar-refractivity contribution in [3.63, 3.8) is 0 Å². The first-order chi connectivity index (χ1) is 12.7. The van der Waals surface area contributed by atoms with Gasteiger partial charge in [0.15, 0.2) is 5.16 Å². The van der Waals surface area contributed by atoms with Crippen molar-refractivity contribution in [2.24, 2.45) is 0 Å². The lowest BCUT2D eigenvalue weighted by atomic mass is 10.1. The molecule has 1 aliphatic carbocycles. The molecule has 7 heteroatoms. The van der Waals surface area contributed by atoms with Crippen LogP contribution in [0.15, 0.2) is 5.16 Å². The lowest BCUT2D eigenvalue weighted by molar-refractivity contribution is -0.128. The first-order valence-electron chi connectivity index (χ1n) is 9.61. The van der Waals surface area contributed by atoms with Gasteiger partial charge in [-0.3, -0.25) is 4.79 Å². The highest BCUT2D eigenvalue weighted by atomic mass is 35.5. The molecule has 1 saturated heterocycles. The molecule has 0 bridgehead atoms. The lowest BCUT2D eigenvalue weighted by Crippen LogP contribution is -2.33. The molecule has 2 aliphatic rings. The Bertz CT molecular complexity index is 800. The number of aromatic nitrogens is 2. The molecule has 0 atom stereocenters. The largest absolute Gasteiger partial charge is 0.342 e. The standard InChI is InChI=1S/C19H24ClN3OS2/c20-17-16-13-8-4-3-5-9-14(13)26-18(16)22-19(21-17)25-12-15(24)23-10-6-1-2-7-11-23/h1-12H2. The van der Waals surface area contributed by atoms with Gasteiger partial charge in [-0.05, 0) is 44.1 Å². The molecule has 0 spiro atoms. The van der Waals surface area contributed by atoms with Gasteiger partial charge in [0.05, 0.1) is 11.1 Å². The predicted octanol–water partition coefficient (Wildman–Crippen LogP) is 5.11. The van der Waals surface area contributed by atoms with Gasteiger partial charge in [-0.15, -0.1) is 11.3 Å². The van der Waals surface area contributed by atoms with Crippen molar-refractivity contribution in [3.05, 3.63) is 15.6 Å². The summed E-state index contributed by atoms with van der Waals surface area (Å²) in [5.74, 6) is 0.589. The highest BCUT2D eigenvalue weighted by Crippen LogP contribution is 2.38. The fourth-order valence-corrected chi connectivity index (χ4v) is 6.33. The Morgan fingerprint density at radius 2 is 1.77 bits per heavy atom. The molecule has 3 heterocycles. The van der Waals surface area contributed by atoms with Gasteiger partial charge in [0.25, 0.3) is 0 Å². The molecular formula is C19H24ClN3OS2. The van der Waals surface area contributed by atoms with Crippen LogP contribution in [-0.4, -0.2) is 39.6 Å². The first-order valence-corrected chi connectivity index (χ1v) is 11.8. The number of halogens is 1. The van der Waals surface area contributed by atoms with E-state index in [2.05, 4.69) is 4.98 Å². The second-order valence-electron chi connectivity index (χ2n) is 7.13. The number of fused-ring (bicyclic) bond motifs is 3. The van der Waals surface area contributed by atoms with Crippen LogP contribution in [0.2, 0.25) is 5.15 Å². The Kier molecular flexibility index (Phi) is 6.01. The molecule has 0 unspecified atom stereocenters. The Labute approximate surface area is 167 Å². The van der Waals surface area contributed by atoms with Gasteiger partial charge >= 0.3 is 0 Å². The van der Waals surface area contributed by atoms with Gasteiger partial charge in [0, 0.05) is 18.0 Å². The highest BCUT2D eigenvalue weighted by Gasteiger charge is 2.21. The molecule has 4 rings (SSSR count). The number of thioether (sulfide) groups is 1. The summed E-state index contributed by atoms with van der Waals surface area (Å²) in [5, 5.41) is 2.23. The van der Waals surface area contributed by atoms with Crippen LogP contribution in [0.25, 0.3) is 10.2 Å². The first kappa shape index (κ1) is 18.5. The average molecular weight is 410 g/mol. The molecule has 26 heavy (non-hydrogen) atoms. The monoisotopic (exact) mass is 409 g/mol. The van der Waals surface area contributed by atoms with E-state index in [9.17, 15) is 4.79 Å². The second kappa shape index (κ2) is 8.44. The minimum atomic E-state index is 0.193. The number of nitrogens with zero attached hydrogens (tertiary/aromatic N) is 3. The maximum absolute atomic E-state index is 12.5. The average Bonchev–Trinajstić information content (AvgIpc) is 2.84. The molecule has 2 aromatic heterocycles. The molecule has 1 aliphatic heterocycles. The van der Waals surface area contributed by atoms with E-state index in [0.717, 1.165) is 49.0 Å². The van der Waals surface area contributed by atoms with E-state index in [0.29, 0.717) is 16.1 Å². The SMILES string of the molecule is O=C(CSc1nc(Cl)c2c3c(sc2n1)CCCCC3)N1CCCCCC1. The Morgan fingerprint density at radius 1 is 1.04 bits per heavy atom. The third-order valence-corrected chi connectivity index (χ3v) is 7.57. The summed E-state index contributed by atoms with van der Waals surface area (Å²) in [7, 11) is 0. The number of likely N-dealkylation sites (tertiary alicyclic amines) is 1. The van der Waals surface area contributed by atoms with Crippen LogP contribution < -0.4 is 0 Å². The maximum Gasteiger partial charge on any atom is 0.233 e. The minimum Gasteiger partial charge on any atom is -0.342 e. The number of thiophene rings is 1. The van der Waals surface area contributed by atoms with E-state index in [1.807, 2.05) is 4.90 Å². The molecule has 0 saturated carbocycles. The van der Waals surface area contributed by atoms with Gasteiger partial charge in [-0.25, -0.2) is 9.97 Å². The highest BCUT2D eigenvalue weighted by molar-refractivity contribution is 7.99. The van der Waals surface area contributed by atoms with E-state index >= 15 is 0 Å². The van der Waals surface area contributed by atoms with Crippen LogP contribution in [0.1, 0.15) is 55.4 Å². The molecule has 4 nitrogen and oxygen atoms in total. The van der Waals surface area contributed by atoms with E-state index in [1.165, 1.54) is 54.3 Å². The smallest absolute Gasteiger partial charge is 0.233 e. The Balaban J connectivity index is 1.49. The molecule has 2 aromatic rings. The van der Waals surface area contributed by atoms with E-state index < -0.39 is 0 Å². The summed E-state index contributed by atoms with van der Waals surface area (Å²) < 4.78 is 0. The quantitative estimate of drug-likeness (QED) is 0.306. The van der Waals surface area contributed by atoms with E-state index in [4.69, 9.17) is 16.6 Å². The number of hydrogen-bond acceptors (Lipinski definition) is 5. The van der Waals surface area contributed by atoms with Crippen molar-refractivity contribution in [2.75, 3.05) is 18.8 Å². The van der Waals surface area contributed by atoms with Crippen molar-refractivity contribution in [2.45, 2.75) is 62.9 Å². The molecule has 0 aromatic carbocycles. The summed E-state index contributed by atoms with van der Waals surface area (Å²) in [5.41, 5.74) is 1.37.